The molecule has 3 rings (SSSR count). The molecule has 1 aromatic heterocycles. The van der Waals surface area contributed by atoms with Crippen LogP contribution in [0.4, 0.5) is 0 Å². The Kier molecular flexibility index (Phi) is 3.83. The molecule has 110 valence electrons. The quantitative estimate of drug-likeness (QED) is 0.814. The summed E-state index contributed by atoms with van der Waals surface area (Å²) in [7, 11) is 0. The zero-order chi connectivity index (χ0) is 15.0. The van der Waals surface area contributed by atoms with Crippen LogP contribution in [0.3, 0.4) is 0 Å². The minimum atomic E-state index is 0.104. The minimum Gasteiger partial charge on any atom is -0.346 e. The van der Waals surface area contributed by atoms with E-state index in [1.54, 1.807) is 0 Å². The number of aryl methyl sites for hydroxylation is 2. The van der Waals surface area contributed by atoms with Crippen molar-refractivity contribution in [3.8, 4) is 0 Å². The van der Waals surface area contributed by atoms with Crippen LogP contribution in [-0.4, -0.2) is 30.5 Å². The van der Waals surface area contributed by atoms with E-state index in [0.717, 1.165) is 36.1 Å². The number of quaternary nitrogens is 1. The summed E-state index contributed by atoms with van der Waals surface area (Å²) in [5, 5.41) is 4.51. The van der Waals surface area contributed by atoms with Crippen molar-refractivity contribution in [2.45, 2.75) is 20.4 Å². The number of amides is 1. The molecule has 1 aliphatic rings. The van der Waals surface area contributed by atoms with Crippen LogP contribution in [0.1, 0.15) is 16.7 Å². The van der Waals surface area contributed by atoms with Crippen molar-refractivity contribution in [2.24, 2.45) is 0 Å². The molecule has 0 saturated carbocycles. The molecule has 1 aliphatic heterocycles. The third kappa shape index (κ3) is 2.87. The van der Waals surface area contributed by atoms with E-state index in [1.807, 2.05) is 0 Å². The SMILES string of the molecule is Cc1ccc2cc(C[NH+]3CCNC(=O)C3)c(Cl)nc2c1C. The fourth-order valence-corrected chi connectivity index (χ4v) is 3.01. The summed E-state index contributed by atoms with van der Waals surface area (Å²) in [6, 6.07) is 6.30. The van der Waals surface area contributed by atoms with Gasteiger partial charge in [-0.1, -0.05) is 23.7 Å². The van der Waals surface area contributed by atoms with Crippen LogP contribution in [-0.2, 0) is 11.3 Å². The van der Waals surface area contributed by atoms with Gasteiger partial charge in [0, 0.05) is 10.9 Å². The van der Waals surface area contributed by atoms with Crippen LogP contribution >= 0.6 is 11.6 Å². The molecular weight excluding hydrogens is 286 g/mol. The Bertz CT molecular complexity index is 714. The number of fused-ring (bicyclic) bond motifs is 1. The molecule has 0 bridgehead atoms. The zero-order valence-corrected chi connectivity index (χ0v) is 13.0. The van der Waals surface area contributed by atoms with E-state index in [2.05, 4.69) is 42.3 Å². The Balaban J connectivity index is 1.94. The molecular formula is C16H19ClN3O+. The maximum absolute atomic E-state index is 11.5. The first-order valence-corrected chi connectivity index (χ1v) is 7.58. The molecule has 4 nitrogen and oxygen atoms in total. The van der Waals surface area contributed by atoms with Crippen molar-refractivity contribution in [3.63, 3.8) is 0 Å². The monoisotopic (exact) mass is 304 g/mol. The molecule has 0 radical (unpaired) electrons. The summed E-state index contributed by atoms with van der Waals surface area (Å²) in [6.07, 6.45) is 0. The molecule has 2 aromatic rings. The Morgan fingerprint density at radius 3 is 2.95 bits per heavy atom. The molecule has 5 heteroatoms. The van der Waals surface area contributed by atoms with Gasteiger partial charge in [0.25, 0.3) is 5.91 Å². The average molecular weight is 305 g/mol. The standard InChI is InChI=1S/C16H18ClN3O/c1-10-3-4-12-7-13(16(17)19-15(12)11(10)2)8-20-6-5-18-14(21)9-20/h3-4,7H,5-6,8-9H2,1-2H3,(H,18,21)/p+1. The van der Waals surface area contributed by atoms with Gasteiger partial charge >= 0.3 is 0 Å². The number of pyridine rings is 1. The van der Waals surface area contributed by atoms with Crippen molar-refractivity contribution in [2.75, 3.05) is 19.6 Å². The number of carbonyl (C=O) groups excluding carboxylic acids is 1. The van der Waals surface area contributed by atoms with E-state index in [1.165, 1.54) is 16.0 Å². The van der Waals surface area contributed by atoms with E-state index in [9.17, 15) is 4.79 Å². The van der Waals surface area contributed by atoms with Crippen molar-refractivity contribution in [1.82, 2.24) is 10.3 Å². The number of hydrogen-bond acceptors (Lipinski definition) is 2. The van der Waals surface area contributed by atoms with Gasteiger partial charge in [0.05, 0.1) is 18.6 Å². The Morgan fingerprint density at radius 2 is 2.19 bits per heavy atom. The normalized spacial score (nSPS) is 18.8. The van der Waals surface area contributed by atoms with Crippen molar-refractivity contribution < 1.29 is 9.69 Å². The van der Waals surface area contributed by atoms with Gasteiger partial charge in [-0.15, -0.1) is 0 Å². The summed E-state index contributed by atoms with van der Waals surface area (Å²) >= 11 is 6.36. The van der Waals surface area contributed by atoms with E-state index in [4.69, 9.17) is 11.6 Å². The summed E-state index contributed by atoms with van der Waals surface area (Å²) in [5.74, 6) is 0.104. The zero-order valence-electron chi connectivity index (χ0n) is 12.3. The lowest BCUT2D eigenvalue weighted by Crippen LogP contribution is -3.14. The lowest BCUT2D eigenvalue weighted by atomic mass is 10.0. The van der Waals surface area contributed by atoms with Gasteiger partial charge in [0.1, 0.15) is 11.7 Å². The van der Waals surface area contributed by atoms with E-state index < -0.39 is 0 Å². The first kappa shape index (κ1) is 14.3. The van der Waals surface area contributed by atoms with Crippen LogP contribution < -0.4 is 10.2 Å². The van der Waals surface area contributed by atoms with Gasteiger partial charge in [-0.05, 0) is 31.0 Å². The highest BCUT2D eigenvalue weighted by atomic mass is 35.5. The molecule has 0 aliphatic carbocycles. The van der Waals surface area contributed by atoms with Gasteiger partial charge in [0.15, 0.2) is 6.54 Å². The number of piperazine rings is 1. The topological polar surface area (TPSA) is 46.4 Å². The van der Waals surface area contributed by atoms with Gasteiger partial charge in [-0.3, -0.25) is 4.79 Å². The molecule has 2 heterocycles. The van der Waals surface area contributed by atoms with Crippen molar-refractivity contribution in [3.05, 3.63) is 40.0 Å². The molecule has 1 amide bonds. The lowest BCUT2D eigenvalue weighted by Gasteiger charge is -2.24. The molecule has 1 aromatic carbocycles. The van der Waals surface area contributed by atoms with Gasteiger partial charge in [0.2, 0.25) is 0 Å². The fourth-order valence-electron chi connectivity index (χ4n) is 2.80. The molecule has 1 saturated heterocycles. The maximum Gasteiger partial charge on any atom is 0.275 e. The fraction of sp³-hybridized carbons (Fsp3) is 0.375. The number of benzene rings is 1. The van der Waals surface area contributed by atoms with Crippen LogP contribution in [0, 0.1) is 13.8 Å². The first-order chi connectivity index (χ1) is 10.0. The van der Waals surface area contributed by atoms with Crippen LogP contribution in [0.25, 0.3) is 10.9 Å². The molecule has 0 spiro atoms. The summed E-state index contributed by atoms with van der Waals surface area (Å²) in [4.78, 5) is 17.3. The van der Waals surface area contributed by atoms with E-state index in [-0.39, 0.29) is 5.91 Å². The smallest absolute Gasteiger partial charge is 0.275 e. The highest BCUT2D eigenvalue weighted by molar-refractivity contribution is 6.30. The second kappa shape index (κ2) is 5.62. The molecule has 2 N–H and O–H groups in total. The predicted molar refractivity (Wildman–Crippen MR) is 83.6 cm³/mol. The van der Waals surface area contributed by atoms with Crippen molar-refractivity contribution >= 4 is 28.4 Å². The maximum atomic E-state index is 11.5. The van der Waals surface area contributed by atoms with E-state index in [0.29, 0.717) is 11.7 Å². The molecule has 1 unspecified atom stereocenters. The Hall–Kier alpha value is -1.65. The third-order valence-corrected chi connectivity index (χ3v) is 4.52. The summed E-state index contributed by atoms with van der Waals surface area (Å²) < 4.78 is 0. The number of aromatic nitrogens is 1. The molecule has 1 fully saturated rings. The number of nitrogens with one attached hydrogen (secondary N) is 2. The number of halogens is 1. The highest BCUT2D eigenvalue weighted by Gasteiger charge is 2.21. The second-order valence-electron chi connectivity index (χ2n) is 5.72. The highest BCUT2D eigenvalue weighted by Crippen LogP contribution is 2.24. The Morgan fingerprint density at radius 1 is 1.38 bits per heavy atom. The lowest BCUT2D eigenvalue weighted by molar-refractivity contribution is -0.907. The Labute approximate surface area is 129 Å². The summed E-state index contributed by atoms with van der Waals surface area (Å²) in [6.45, 7) is 7.04. The number of nitrogens with zero attached hydrogens (tertiary/aromatic N) is 1. The van der Waals surface area contributed by atoms with Crippen LogP contribution in [0.15, 0.2) is 18.2 Å². The largest absolute Gasteiger partial charge is 0.346 e. The summed E-state index contributed by atoms with van der Waals surface area (Å²) in [5.41, 5.74) is 4.37. The average Bonchev–Trinajstić information content (AvgIpc) is 2.45. The number of rotatable bonds is 2. The van der Waals surface area contributed by atoms with Gasteiger partial charge in [-0.2, -0.15) is 0 Å². The first-order valence-electron chi connectivity index (χ1n) is 7.20. The predicted octanol–water partition coefficient (Wildman–Crippen LogP) is 1.02. The van der Waals surface area contributed by atoms with Gasteiger partial charge in [-0.25, -0.2) is 4.98 Å². The van der Waals surface area contributed by atoms with Crippen LogP contribution in [0.2, 0.25) is 5.15 Å². The third-order valence-electron chi connectivity index (χ3n) is 4.19. The number of carbonyl (C=O) groups is 1. The second-order valence-corrected chi connectivity index (χ2v) is 6.08. The molecule has 21 heavy (non-hydrogen) atoms. The van der Waals surface area contributed by atoms with E-state index >= 15 is 0 Å². The minimum absolute atomic E-state index is 0.104. The molecule has 1 atom stereocenters. The van der Waals surface area contributed by atoms with Crippen LogP contribution in [0.5, 0.6) is 0 Å². The number of hydrogen-bond donors (Lipinski definition) is 2. The van der Waals surface area contributed by atoms with Gasteiger partial charge < -0.3 is 10.2 Å². The van der Waals surface area contributed by atoms with Crippen molar-refractivity contribution in [1.29, 1.82) is 0 Å².